The third-order valence-corrected chi connectivity index (χ3v) is 6.85. The first-order valence-corrected chi connectivity index (χ1v) is 12.2. The van der Waals surface area contributed by atoms with Gasteiger partial charge in [-0.1, -0.05) is 19.4 Å². The average molecular weight is 471 g/mol. The van der Waals surface area contributed by atoms with Gasteiger partial charge in [-0.3, -0.25) is 14.7 Å². The molecule has 10 nitrogen and oxygen atoms in total. The van der Waals surface area contributed by atoms with Crippen molar-refractivity contribution in [3.8, 4) is 16.9 Å². The SMILES string of the molecule is C=CCONC(=O)c1nn(-c2ccc(S(=O)(=O)NCCCC)cc2)c2c1CCc1[nH]ncc1-2. The summed E-state index contributed by atoms with van der Waals surface area (Å²) in [6, 6.07) is 6.41. The lowest BCUT2D eigenvalue weighted by molar-refractivity contribution is 0.0415. The second-order valence-corrected chi connectivity index (χ2v) is 9.39. The minimum absolute atomic E-state index is 0.169. The molecule has 0 bridgehead atoms. The number of carbonyl (C=O) groups excluding carboxylic acids is 1. The van der Waals surface area contributed by atoms with Gasteiger partial charge in [-0.05, 0) is 43.5 Å². The number of hydrogen-bond donors (Lipinski definition) is 3. The van der Waals surface area contributed by atoms with E-state index >= 15 is 0 Å². The molecule has 0 spiro atoms. The summed E-state index contributed by atoms with van der Waals surface area (Å²) in [5.41, 5.74) is 6.60. The van der Waals surface area contributed by atoms with E-state index in [-0.39, 0.29) is 17.2 Å². The molecule has 1 aromatic carbocycles. The van der Waals surface area contributed by atoms with E-state index in [0.29, 0.717) is 25.1 Å². The van der Waals surface area contributed by atoms with E-state index in [9.17, 15) is 13.2 Å². The third-order valence-electron chi connectivity index (χ3n) is 5.38. The second-order valence-electron chi connectivity index (χ2n) is 7.63. The maximum absolute atomic E-state index is 12.7. The van der Waals surface area contributed by atoms with Crippen molar-refractivity contribution in [1.29, 1.82) is 0 Å². The Labute approximate surface area is 192 Å². The number of hydrogen-bond acceptors (Lipinski definition) is 6. The van der Waals surface area contributed by atoms with Crippen molar-refractivity contribution >= 4 is 15.9 Å². The lowest BCUT2D eigenvalue weighted by atomic mass is 9.93. The summed E-state index contributed by atoms with van der Waals surface area (Å²) >= 11 is 0. The van der Waals surface area contributed by atoms with Crippen molar-refractivity contribution < 1.29 is 18.0 Å². The van der Waals surface area contributed by atoms with E-state index in [1.807, 2.05) is 6.92 Å². The highest BCUT2D eigenvalue weighted by molar-refractivity contribution is 7.89. The van der Waals surface area contributed by atoms with Crippen molar-refractivity contribution in [2.75, 3.05) is 13.2 Å². The molecule has 0 fully saturated rings. The van der Waals surface area contributed by atoms with Crippen LogP contribution in [0.1, 0.15) is 41.5 Å². The maximum Gasteiger partial charge on any atom is 0.295 e. The van der Waals surface area contributed by atoms with Gasteiger partial charge in [0.25, 0.3) is 5.91 Å². The zero-order valence-corrected chi connectivity index (χ0v) is 19.1. The summed E-state index contributed by atoms with van der Waals surface area (Å²) in [7, 11) is -3.59. The molecule has 1 aliphatic carbocycles. The molecule has 11 heteroatoms. The van der Waals surface area contributed by atoms with Gasteiger partial charge in [-0.15, -0.1) is 6.58 Å². The lowest BCUT2D eigenvalue weighted by Gasteiger charge is -2.15. The van der Waals surface area contributed by atoms with Crippen LogP contribution in [0.3, 0.4) is 0 Å². The first-order valence-electron chi connectivity index (χ1n) is 10.7. The fourth-order valence-corrected chi connectivity index (χ4v) is 4.81. The zero-order chi connectivity index (χ0) is 23.4. The van der Waals surface area contributed by atoms with Gasteiger partial charge in [-0.2, -0.15) is 10.2 Å². The number of aromatic amines is 1. The van der Waals surface area contributed by atoms with Gasteiger partial charge in [0.15, 0.2) is 5.69 Å². The van der Waals surface area contributed by atoms with Crippen molar-refractivity contribution in [2.45, 2.75) is 37.5 Å². The molecule has 0 saturated heterocycles. The van der Waals surface area contributed by atoms with Gasteiger partial charge in [0, 0.05) is 23.4 Å². The summed E-state index contributed by atoms with van der Waals surface area (Å²) in [5.74, 6) is -0.460. The quantitative estimate of drug-likeness (QED) is 0.237. The van der Waals surface area contributed by atoms with Crippen molar-refractivity contribution in [3.63, 3.8) is 0 Å². The number of carbonyl (C=O) groups is 1. The summed E-state index contributed by atoms with van der Waals surface area (Å²) in [6.45, 7) is 6.12. The number of rotatable bonds is 10. The summed E-state index contributed by atoms with van der Waals surface area (Å²) in [6.07, 6.45) is 6.20. The van der Waals surface area contributed by atoms with Gasteiger partial charge < -0.3 is 0 Å². The van der Waals surface area contributed by atoms with Crippen LogP contribution in [0.25, 0.3) is 16.9 Å². The van der Waals surface area contributed by atoms with Crippen LogP contribution < -0.4 is 10.2 Å². The Kier molecular flexibility index (Phi) is 6.72. The highest BCUT2D eigenvalue weighted by Crippen LogP contribution is 2.36. The number of nitrogens with zero attached hydrogens (tertiary/aromatic N) is 3. The number of aryl methyl sites for hydroxylation is 1. The van der Waals surface area contributed by atoms with Crippen LogP contribution in [0, 0.1) is 0 Å². The molecule has 2 aromatic heterocycles. The Morgan fingerprint density at radius 1 is 1.30 bits per heavy atom. The largest absolute Gasteiger partial charge is 0.295 e. The van der Waals surface area contributed by atoms with Crippen LogP contribution >= 0.6 is 0 Å². The third kappa shape index (κ3) is 4.61. The van der Waals surface area contributed by atoms with Crippen LogP contribution in [0.15, 0.2) is 48.0 Å². The normalized spacial score (nSPS) is 12.8. The summed E-state index contributed by atoms with van der Waals surface area (Å²) in [5, 5.41) is 11.7. The van der Waals surface area contributed by atoms with Crippen molar-refractivity contribution in [2.24, 2.45) is 0 Å². The van der Waals surface area contributed by atoms with Gasteiger partial charge in [0.2, 0.25) is 10.0 Å². The number of fused-ring (bicyclic) bond motifs is 3. The molecular formula is C22H26N6O4S. The monoisotopic (exact) mass is 470 g/mol. The van der Waals surface area contributed by atoms with Crippen LogP contribution in [0.4, 0.5) is 0 Å². The second kappa shape index (κ2) is 9.69. The predicted octanol–water partition coefficient (Wildman–Crippen LogP) is 2.29. The minimum atomic E-state index is -3.59. The predicted molar refractivity (Wildman–Crippen MR) is 122 cm³/mol. The molecule has 0 saturated carbocycles. The molecule has 0 unspecified atom stereocenters. The van der Waals surface area contributed by atoms with E-state index < -0.39 is 15.9 Å². The Hall–Kier alpha value is -3.28. The molecule has 0 aliphatic heterocycles. The van der Waals surface area contributed by atoms with Crippen LogP contribution in [0.5, 0.6) is 0 Å². The van der Waals surface area contributed by atoms with Crippen LogP contribution in [0.2, 0.25) is 0 Å². The number of unbranched alkanes of at least 4 members (excludes halogenated alkanes) is 1. The Balaban J connectivity index is 1.71. The van der Waals surface area contributed by atoms with E-state index in [1.165, 1.54) is 18.2 Å². The molecule has 1 aliphatic rings. The Morgan fingerprint density at radius 3 is 2.82 bits per heavy atom. The molecule has 33 heavy (non-hydrogen) atoms. The molecule has 3 aromatic rings. The van der Waals surface area contributed by atoms with Gasteiger partial charge >= 0.3 is 0 Å². The highest BCUT2D eigenvalue weighted by Gasteiger charge is 2.30. The highest BCUT2D eigenvalue weighted by atomic mass is 32.2. The molecule has 3 N–H and O–H groups in total. The first-order chi connectivity index (χ1) is 16.0. The number of hydroxylamine groups is 1. The fraction of sp³-hybridized carbons (Fsp3) is 0.318. The van der Waals surface area contributed by atoms with Gasteiger partial charge in [-0.25, -0.2) is 23.3 Å². The van der Waals surface area contributed by atoms with E-state index in [1.54, 1.807) is 23.0 Å². The number of H-pyrrole nitrogens is 1. The molecule has 2 heterocycles. The number of nitrogens with one attached hydrogen (secondary N) is 3. The van der Waals surface area contributed by atoms with Gasteiger partial charge in [0.1, 0.15) is 0 Å². The molecule has 4 rings (SSSR count). The molecule has 1 amide bonds. The molecule has 174 valence electrons. The number of aromatic nitrogens is 4. The smallest absolute Gasteiger partial charge is 0.282 e. The van der Waals surface area contributed by atoms with E-state index in [2.05, 4.69) is 32.1 Å². The van der Waals surface area contributed by atoms with Crippen molar-refractivity contribution in [1.82, 2.24) is 30.2 Å². The summed E-state index contributed by atoms with van der Waals surface area (Å²) in [4.78, 5) is 18.0. The number of sulfonamides is 1. The maximum atomic E-state index is 12.7. The van der Waals surface area contributed by atoms with Crippen LogP contribution in [-0.2, 0) is 27.7 Å². The van der Waals surface area contributed by atoms with Crippen molar-refractivity contribution in [3.05, 3.63) is 60.1 Å². The molecular weight excluding hydrogens is 444 g/mol. The minimum Gasteiger partial charge on any atom is -0.282 e. The standard InChI is InChI=1S/C22H26N6O4S/c1-3-5-12-24-33(30,31)16-8-6-15(7-9-16)28-21-17(10-11-19-18(21)14-23-25-19)20(26-28)22(29)27-32-13-4-2/h4,6-9,14,24H,2-3,5,10-13H2,1H3,(H,23,25)(H,27,29). The fourth-order valence-electron chi connectivity index (χ4n) is 3.74. The molecule has 0 radical (unpaired) electrons. The Morgan fingerprint density at radius 2 is 2.09 bits per heavy atom. The number of benzene rings is 1. The van der Waals surface area contributed by atoms with E-state index in [0.717, 1.165) is 35.4 Å². The Bertz CT molecular complexity index is 1260. The van der Waals surface area contributed by atoms with E-state index in [4.69, 9.17) is 4.84 Å². The average Bonchev–Trinajstić information content (AvgIpc) is 3.44. The van der Waals surface area contributed by atoms with Crippen LogP contribution in [-0.4, -0.2) is 47.5 Å². The summed E-state index contributed by atoms with van der Waals surface area (Å²) < 4.78 is 29.3. The zero-order valence-electron chi connectivity index (χ0n) is 18.3. The molecule has 0 atom stereocenters. The topological polar surface area (TPSA) is 131 Å². The lowest BCUT2D eigenvalue weighted by Crippen LogP contribution is -2.25. The van der Waals surface area contributed by atoms with Gasteiger partial charge in [0.05, 0.1) is 29.1 Å². The first kappa shape index (κ1) is 22.9. The number of amides is 1.